The Labute approximate surface area is 93.7 Å². The predicted octanol–water partition coefficient (Wildman–Crippen LogP) is 4.04. The van der Waals surface area contributed by atoms with E-state index in [1.165, 1.54) is 6.07 Å². The zero-order valence-corrected chi connectivity index (χ0v) is 9.06. The number of alkyl halides is 3. The smallest absolute Gasteiger partial charge is 0.261 e. The Morgan fingerprint density at radius 3 is 2.38 bits per heavy atom. The molecule has 0 fully saturated rings. The van der Waals surface area contributed by atoms with Gasteiger partial charge in [0.1, 0.15) is 0 Å². The lowest BCUT2D eigenvalue weighted by atomic mass is 10.1. The first-order valence-electron chi connectivity index (χ1n) is 5.35. The second-order valence-corrected chi connectivity index (χ2v) is 3.70. The van der Waals surface area contributed by atoms with E-state index in [0.29, 0.717) is 0 Å². The number of halogens is 3. The van der Waals surface area contributed by atoms with Crippen LogP contribution in [-0.4, -0.2) is 4.98 Å². The average Bonchev–Trinajstić information content (AvgIpc) is 2.24. The van der Waals surface area contributed by atoms with Crippen molar-refractivity contribution in [3.8, 4) is 0 Å². The number of aryl methyl sites for hydroxylation is 1. The summed E-state index contributed by atoms with van der Waals surface area (Å²) in [6.07, 6.45) is 1.30. The first-order valence-corrected chi connectivity index (χ1v) is 5.35. The normalized spacial score (nSPS) is 11.8. The van der Waals surface area contributed by atoms with Crippen molar-refractivity contribution in [3.63, 3.8) is 0 Å². The van der Waals surface area contributed by atoms with E-state index in [1.807, 2.05) is 0 Å². The number of hydrogen-bond acceptors (Lipinski definition) is 1. The van der Waals surface area contributed by atoms with Gasteiger partial charge in [-0.2, -0.15) is 13.2 Å². The highest BCUT2D eigenvalue weighted by Gasteiger charge is 2.30. The van der Waals surface area contributed by atoms with Crippen LogP contribution in [-0.2, 0) is 12.6 Å². The van der Waals surface area contributed by atoms with Gasteiger partial charge in [0.15, 0.2) is 0 Å². The molecule has 1 heterocycles. The van der Waals surface area contributed by atoms with Gasteiger partial charge < -0.3 is 0 Å². The minimum atomic E-state index is -4.29. The summed E-state index contributed by atoms with van der Waals surface area (Å²) in [5.41, 5.74) is 0.0334. The Morgan fingerprint density at radius 1 is 1.12 bits per heavy atom. The van der Waals surface area contributed by atoms with Crippen LogP contribution in [0, 0.1) is 6.92 Å². The summed E-state index contributed by atoms with van der Waals surface area (Å²) in [5, 5.41) is 0. The van der Waals surface area contributed by atoms with Gasteiger partial charge in [-0.3, -0.25) is 4.98 Å². The molecule has 0 aliphatic heterocycles. The highest BCUT2D eigenvalue weighted by atomic mass is 19.4. The molecule has 0 unspecified atom stereocenters. The molecule has 0 saturated heterocycles. The molecule has 1 radical (unpaired) electrons. The van der Waals surface area contributed by atoms with Crippen LogP contribution >= 0.6 is 0 Å². The van der Waals surface area contributed by atoms with Crippen molar-refractivity contribution >= 4 is 0 Å². The maximum absolute atomic E-state index is 12.2. The SMILES string of the molecule is [CH2]CCCCCc1ccc(C(F)(F)F)cn1. The largest absolute Gasteiger partial charge is 0.417 e. The molecular formula is C12H15F3N. The third-order valence-electron chi connectivity index (χ3n) is 2.33. The van der Waals surface area contributed by atoms with Gasteiger partial charge in [-0.15, -0.1) is 0 Å². The van der Waals surface area contributed by atoms with E-state index in [9.17, 15) is 13.2 Å². The number of rotatable bonds is 5. The van der Waals surface area contributed by atoms with E-state index >= 15 is 0 Å². The highest BCUT2D eigenvalue weighted by molar-refractivity contribution is 5.16. The van der Waals surface area contributed by atoms with Crippen molar-refractivity contribution in [1.29, 1.82) is 0 Å². The Morgan fingerprint density at radius 2 is 1.88 bits per heavy atom. The van der Waals surface area contributed by atoms with Gasteiger partial charge in [0, 0.05) is 11.9 Å². The van der Waals surface area contributed by atoms with Gasteiger partial charge in [-0.1, -0.05) is 26.2 Å². The monoisotopic (exact) mass is 230 g/mol. The second-order valence-electron chi connectivity index (χ2n) is 3.70. The summed E-state index contributed by atoms with van der Waals surface area (Å²) in [7, 11) is 0. The molecule has 0 aliphatic carbocycles. The van der Waals surface area contributed by atoms with Gasteiger partial charge >= 0.3 is 6.18 Å². The van der Waals surface area contributed by atoms with E-state index in [0.717, 1.165) is 50.1 Å². The van der Waals surface area contributed by atoms with Crippen molar-refractivity contribution < 1.29 is 13.2 Å². The van der Waals surface area contributed by atoms with Crippen molar-refractivity contribution in [2.45, 2.75) is 38.3 Å². The van der Waals surface area contributed by atoms with Crippen molar-refractivity contribution in [2.75, 3.05) is 0 Å². The average molecular weight is 230 g/mol. The summed E-state index contributed by atoms with van der Waals surface area (Å²) in [6.45, 7) is 3.73. The lowest BCUT2D eigenvalue weighted by Crippen LogP contribution is -2.05. The topological polar surface area (TPSA) is 12.9 Å². The lowest BCUT2D eigenvalue weighted by Gasteiger charge is -2.06. The zero-order chi connectivity index (χ0) is 12.0. The van der Waals surface area contributed by atoms with Crippen LogP contribution < -0.4 is 0 Å². The maximum atomic E-state index is 12.2. The number of unbranched alkanes of at least 4 members (excludes halogenated alkanes) is 3. The van der Waals surface area contributed by atoms with E-state index in [4.69, 9.17) is 0 Å². The van der Waals surface area contributed by atoms with Crippen LogP contribution in [0.3, 0.4) is 0 Å². The molecule has 1 nitrogen and oxygen atoms in total. The Balaban J connectivity index is 2.46. The van der Waals surface area contributed by atoms with Crippen LogP contribution in [0.1, 0.15) is 36.9 Å². The van der Waals surface area contributed by atoms with Crippen LogP contribution in [0.25, 0.3) is 0 Å². The van der Waals surface area contributed by atoms with E-state index < -0.39 is 11.7 Å². The molecule has 89 valence electrons. The van der Waals surface area contributed by atoms with Crippen molar-refractivity contribution in [2.24, 2.45) is 0 Å². The molecule has 1 rings (SSSR count). The molecule has 0 atom stereocenters. The molecule has 0 aliphatic rings. The van der Waals surface area contributed by atoms with E-state index in [-0.39, 0.29) is 0 Å². The molecule has 0 N–H and O–H groups in total. The minimum Gasteiger partial charge on any atom is -0.261 e. The Bertz CT molecular complexity index is 303. The fourth-order valence-corrected chi connectivity index (χ4v) is 1.40. The van der Waals surface area contributed by atoms with Crippen LogP contribution in [0.2, 0.25) is 0 Å². The molecule has 16 heavy (non-hydrogen) atoms. The van der Waals surface area contributed by atoms with Gasteiger partial charge in [0.25, 0.3) is 0 Å². The summed E-state index contributed by atoms with van der Waals surface area (Å²) in [4.78, 5) is 3.81. The summed E-state index contributed by atoms with van der Waals surface area (Å²) in [6, 6.07) is 2.54. The number of aromatic nitrogens is 1. The summed E-state index contributed by atoms with van der Waals surface area (Å²) < 4.78 is 36.7. The molecule has 1 aromatic heterocycles. The van der Waals surface area contributed by atoms with E-state index in [2.05, 4.69) is 11.9 Å². The molecule has 0 saturated carbocycles. The van der Waals surface area contributed by atoms with Crippen molar-refractivity contribution in [1.82, 2.24) is 4.98 Å². The fraction of sp³-hybridized carbons (Fsp3) is 0.500. The Hall–Kier alpha value is -1.06. The maximum Gasteiger partial charge on any atom is 0.417 e. The van der Waals surface area contributed by atoms with E-state index in [1.54, 1.807) is 0 Å². The minimum absolute atomic E-state index is 0.686. The number of nitrogens with zero attached hydrogens (tertiary/aromatic N) is 1. The van der Waals surface area contributed by atoms with Crippen LogP contribution in [0.15, 0.2) is 18.3 Å². The van der Waals surface area contributed by atoms with Crippen LogP contribution in [0.4, 0.5) is 13.2 Å². The van der Waals surface area contributed by atoms with Gasteiger partial charge in [0.2, 0.25) is 0 Å². The highest BCUT2D eigenvalue weighted by Crippen LogP contribution is 2.28. The molecule has 0 bridgehead atoms. The zero-order valence-electron chi connectivity index (χ0n) is 9.06. The second kappa shape index (κ2) is 5.87. The fourth-order valence-electron chi connectivity index (χ4n) is 1.40. The Kier molecular flexibility index (Phi) is 4.77. The molecule has 0 amide bonds. The third-order valence-corrected chi connectivity index (χ3v) is 2.33. The standard InChI is InChI=1S/C12H15F3N/c1-2-3-4-5-6-11-8-7-10(9-16-11)12(13,14)15/h7-9H,1-6H2. The first kappa shape index (κ1) is 13.0. The third kappa shape index (κ3) is 4.21. The van der Waals surface area contributed by atoms with Crippen LogP contribution in [0.5, 0.6) is 0 Å². The molecule has 4 heteroatoms. The number of hydrogen-bond donors (Lipinski definition) is 0. The predicted molar refractivity (Wildman–Crippen MR) is 56.8 cm³/mol. The summed E-state index contributed by atoms with van der Waals surface area (Å²) >= 11 is 0. The molecular weight excluding hydrogens is 215 g/mol. The molecule has 0 aromatic carbocycles. The molecule has 1 aromatic rings. The number of pyridine rings is 1. The first-order chi connectivity index (χ1) is 7.54. The molecule has 0 spiro atoms. The van der Waals surface area contributed by atoms with Crippen molar-refractivity contribution in [3.05, 3.63) is 36.5 Å². The quantitative estimate of drug-likeness (QED) is 0.696. The van der Waals surface area contributed by atoms with Gasteiger partial charge in [0.05, 0.1) is 5.56 Å². The van der Waals surface area contributed by atoms with Gasteiger partial charge in [-0.05, 0) is 25.0 Å². The lowest BCUT2D eigenvalue weighted by molar-refractivity contribution is -0.137. The van der Waals surface area contributed by atoms with Gasteiger partial charge in [-0.25, -0.2) is 0 Å². The summed E-state index contributed by atoms with van der Waals surface area (Å²) in [5.74, 6) is 0.